The fraction of sp³-hybridized carbons (Fsp3) is 0.600. The van der Waals surface area contributed by atoms with Gasteiger partial charge in [-0.2, -0.15) is 12.7 Å². The van der Waals surface area contributed by atoms with Gasteiger partial charge in [0.25, 0.3) is 5.69 Å². The number of rotatable bonds is 6. The summed E-state index contributed by atoms with van der Waals surface area (Å²) in [6.07, 6.45) is 0.802. The highest BCUT2D eigenvalue weighted by Gasteiger charge is 2.75. The highest BCUT2D eigenvalue weighted by molar-refractivity contribution is 8.00. The van der Waals surface area contributed by atoms with Gasteiger partial charge in [0.2, 0.25) is 0 Å². The maximum Gasteiger partial charge on any atom is 0.338 e. The van der Waals surface area contributed by atoms with E-state index < -0.39 is 15.2 Å². The Hall–Kier alpha value is -1.16. The molecule has 0 saturated heterocycles. The minimum atomic E-state index is -3.66. The molecular weight excluding hydrogens is 352 g/mol. The van der Waals surface area contributed by atoms with Crippen molar-refractivity contribution in [2.45, 2.75) is 22.7 Å². The molecule has 4 aliphatic rings. The third-order valence-corrected chi connectivity index (χ3v) is 8.28. The lowest BCUT2D eigenvalue weighted by molar-refractivity contribution is -0.384. The SMILES string of the molecule is CN(C)S(=O)(=O)O[C@H]1C2C3[C@H]2C[C@H]1[C@H]3Sc1ccc([N+](=O)[O-])cc1. The monoisotopic (exact) mass is 370 g/mol. The summed E-state index contributed by atoms with van der Waals surface area (Å²) in [5, 5.41) is 11.1. The van der Waals surface area contributed by atoms with Crippen LogP contribution in [0.25, 0.3) is 0 Å². The Bertz CT molecular complexity index is 780. The average Bonchev–Trinajstić information content (AvgIpc) is 2.78. The summed E-state index contributed by atoms with van der Waals surface area (Å²) in [5.74, 6) is 1.67. The predicted octanol–water partition coefficient (Wildman–Crippen LogP) is 2.14. The topological polar surface area (TPSA) is 89.8 Å². The second kappa shape index (κ2) is 5.42. The summed E-state index contributed by atoms with van der Waals surface area (Å²) >= 11 is 1.70. The highest BCUT2D eigenvalue weighted by atomic mass is 32.2. The van der Waals surface area contributed by atoms with Crippen molar-refractivity contribution < 1.29 is 17.5 Å². The van der Waals surface area contributed by atoms with Gasteiger partial charge in [-0.15, -0.1) is 11.8 Å². The molecule has 9 heteroatoms. The van der Waals surface area contributed by atoms with Crippen molar-refractivity contribution >= 4 is 27.8 Å². The van der Waals surface area contributed by atoms with Crippen LogP contribution in [0, 0.1) is 33.8 Å². The number of nitro benzene ring substituents is 1. The van der Waals surface area contributed by atoms with Gasteiger partial charge in [0.15, 0.2) is 0 Å². The molecule has 0 aromatic heterocycles. The molecule has 0 heterocycles. The Kier molecular flexibility index (Phi) is 3.68. The van der Waals surface area contributed by atoms with E-state index in [0.29, 0.717) is 23.0 Å². The number of nitrogens with zero attached hydrogens (tertiary/aromatic N) is 2. The molecular formula is C15H18N2O5S2. The zero-order chi connectivity index (χ0) is 17.2. The van der Waals surface area contributed by atoms with Crippen molar-refractivity contribution in [1.82, 2.24) is 4.31 Å². The number of hydrogen-bond acceptors (Lipinski definition) is 6. The molecule has 0 aliphatic heterocycles. The average molecular weight is 370 g/mol. The first-order valence-electron chi connectivity index (χ1n) is 7.81. The van der Waals surface area contributed by atoms with Crippen LogP contribution >= 0.6 is 11.8 Å². The fourth-order valence-electron chi connectivity index (χ4n) is 4.34. The molecule has 4 fully saturated rings. The van der Waals surface area contributed by atoms with E-state index >= 15 is 0 Å². The van der Waals surface area contributed by atoms with Crippen molar-refractivity contribution in [2.75, 3.05) is 14.1 Å². The fourth-order valence-corrected chi connectivity index (χ4v) is 6.65. The molecule has 0 radical (unpaired) electrons. The van der Waals surface area contributed by atoms with E-state index in [1.54, 1.807) is 23.9 Å². The van der Waals surface area contributed by atoms with Gasteiger partial charge in [-0.1, -0.05) is 0 Å². The summed E-state index contributed by atoms with van der Waals surface area (Å²) in [4.78, 5) is 11.3. The quantitative estimate of drug-likeness (QED) is 0.563. The van der Waals surface area contributed by atoms with E-state index in [-0.39, 0.29) is 17.7 Å². The third kappa shape index (κ3) is 2.45. The highest BCUT2D eigenvalue weighted by Crippen LogP contribution is 2.74. The van der Waals surface area contributed by atoms with Crippen LogP contribution in [0.2, 0.25) is 0 Å². The van der Waals surface area contributed by atoms with Gasteiger partial charge >= 0.3 is 10.3 Å². The number of non-ortho nitro benzene ring substituents is 1. The minimum Gasteiger partial charge on any atom is -0.258 e. The molecule has 7 nitrogen and oxygen atoms in total. The van der Waals surface area contributed by atoms with E-state index in [2.05, 4.69) is 0 Å². The first kappa shape index (κ1) is 16.3. The Labute approximate surface area is 144 Å². The van der Waals surface area contributed by atoms with Crippen molar-refractivity contribution in [3.63, 3.8) is 0 Å². The van der Waals surface area contributed by atoms with Crippen LogP contribution in [0.3, 0.4) is 0 Å². The Balaban J connectivity index is 1.47. The molecule has 6 atom stereocenters. The third-order valence-electron chi connectivity index (χ3n) is 5.44. The molecule has 0 N–H and O–H groups in total. The van der Waals surface area contributed by atoms with Crippen LogP contribution in [-0.2, 0) is 14.5 Å². The van der Waals surface area contributed by atoms with Gasteiger partial charge in [-0.05, 0) is 42.2 Å². The van der Waals surface area contributed by atoms with Gasteiger partial charge in [0.1, 0.15) is 0 Å². The predicted molar refractivity (Wildman–Crippen MR) is 88.8 cm³/mol. The lowest BCUT2D eigenvalue weighted by Crippen LogP contribution is -2.32. The van der Waals surface area contributed by atoms with Gasteiger partial charge in [-0.25, -0.2) is 0 Å². The summed E-state index contributed by atoms with van der Waals surface area (Å²) < 4.78 is 30.6. The van der Waals surface area contributed by atoms with Crippen molar-refractivity contribution in [3.8, 4) is 0 Å². The molecule has 4 saturated carbocycles. The molecule has 130 valence electrons. The van der Waals surface area contributed by atoms with E-state index in [1.165, 1.54) is 26.2 Å². The van der Waals surface area contributed by atoms with Crippen LogP contribution in [-0.4, -0.2) is 43.1 Å². The Morgan fingerprint density at radius 1 is 1.21 bits per heavy atom. The minimum absolute atomic E-state index is 0.0812. The van der Waals surface area contributed by atoms with E-state index in [1.807, 2.05) is 0 Å². The summed E-state index contributed by atoms with van der Waals surface area (Å²) in [6, 6.07) is 6.55. The molecule has 2 unspecified atom stereocenters. The van der Waals surface area contributed by atoms with Gasteiger partial charge in [0, 0.05) is 36.4 Å². The zero-order valence-corrected chi connectivity index (χ0v) is 14.9. The largest absolute Gasteiger partial charge is 0.338 e. The van der Waals surface area contributed by atoms with Crippen molar-refractivity contribution in [3.05, 3.63) is 34.4 Å². The maximum absolute atomic E-state index is 12.0. The molecule has 5 rings (SSSR count). The molecule has 0 amide bonds. The molecule has 1 aromatic rings. The van der Waals surface area contributed by atoms with Crippen LogP contribution in [0.4, 0.5) is 5.69 Å². The molecule has 4 aliphatic carbocycles. The van der Waals surface area contributed by atoms with Crippen LogP contribution < -0.4 is 0 Å². The second-order valence-electron chi connectivity index (χ2n) is 6.85. The number of thioether (sulfide) groups is 1. The molecule has 0 spiro atoms. The van der Waals surface area contributed by atoms with Crippen molar-refractivity contribution in [2.24, 2.45) is 23.7 Å². The number of benzene rings is 1. The van der Waals surface area contributed by atoms with Crippen LogP contribution in [0.5, 0.6) is 0 Å². The summed E-state index contributed by atoms with van der Waals surface area (Å²) in [6.45, 7) is 0. The number of nitro groups is 1. The van der Waals surface area contributed by atoms with Gasteiger partial charge in [0.05, 0.1) is 11.0 Å². The van der Waals surface area contributed by atoms with Crippen LogP contribution in [0.15, 0.2) is 29.2 Å². The van der Waals surface area contributed by atoms with E-state index in [0.717, 1.165) is 15.6 Å². The summed E-state index contributed by atoms with van der Waals surface area (Å²) in [7, 11) is -0.708. The molecule has 1 aromatic carbocycles. The standard InChI is InChI=1S/C15H18N2O5S2/c1-16(2)24(20,21)22-14-11-7-10-12(14)13(10)15(11)23-9-5-3-8(4-6-9)17(18)19/h3-6,10-15H,7H2,1-2H3/t10-,11+,12?,13?,14+,15+/m0/s1. The van der Waals surface area contributed by atoms with Crippen molar-refractivity contribution in [1.29, 1.82) is 0 Å². The Morgan fingerprint density at radius 2 is 1.88 bits per heavy atom. The molecule has 24 heavy (non-hydrogen) atoms. The van der Waals surface area contributed by atoms with E-state index in [4.69, 9.17) is 4.18 Å². The zero-order valence-electron chi connectivity index (χ0n) is 13.2. The normalized spacial score (nSPS) is 36.3. The summed E-state index contributed by atoms with van der Waals surface area (Å²) in [5.41, 5.74) is 0.0812. The maximum atomic E-state index is 12.0. The van der Waals surface area contributed by atoms with Gasteiger partial charge < -0.3 is 0 Å². The first-order chi connectivity index (χ1) is 11.3. The lowest BCUT2D eigenvalue weighted by Gasteiger charge is -2.21. The van der Waals surface area contributed by atoms with Crippen LogP contribution in [0.1, 0.15) is 6.42 Å². The smallest absolute Gasteiger partial charge is 0.258 e. The second-order valence-corrected chi connectivity index (χ2v) is 9.88. The molecule has 4 bridgehead atoms. The first-order valence-corrected chi connectivity index (χ1v) is 10.1. The van der Waals surface area contributed by atoms with E-state index in [9.17, 15) is 18.5 Å². The number of hydrogen-bond donors (Lipinski definition) is 0. The Morgan fingerprint density at radius 3 is 2.42 bits per heavy atom. The lowest BCUT2D eigenvalue weighted by atomic mass is 10.1. The van der Waals surface area contributed by atoms with Gasteiger partial charge in [-0.3, -0.25) is 14.3 Å².